The lowest BCUT2D eigenvalue weighted by Crippen LogP contribution is -2.55. The summed E-state index contributed by atoms with van der Waals surface area (Å²) < 4.78 is 77.5. The van der Waals surface area contributed by atoms with Gasteiger partial charge in [0.15, 0.2) is 0 Å². The van der Waals surface area contributed by atoms with Crippen LogP contribution in [0.5, 0.6) is 0 Å². The normalized spacial score (nSPS) is 19.9. The second-order valence-corrected chi connectivity index (χ2v) is 11.0. The molecule has 0 radical (unpaired) electrons. The number of piperazine rings is 1. The standard InChI is InChI=1S/C30H32F5N5O3/c1-17-15-40(16-18(2)38(17)3)27-13-23(31)20(19-4-5-26(24(32)10-19)39-6-8-43-9-7-39)11-25(27)37-29(42)21-14-36-28(41)12-22(21)30(33,34)35/h4-5,10-14,17-18H,6-9,15-16H2,1-3H3,(H,36,41)(H,37,42)/t17-,18-/m0/s1. The average Bonchev–Trinajstić information content (AvgIpc) is 2.96. The molecule has 0 unspecified atom stereocenters. The number of nitrogens with one attached hydrogen (secondary N) is 2. The molecule has 0 aliphatic carbocycles. The van der Waals surface area contributed by atoms with Gasteiger partial charge in [-0.25, -0.2) is 8.78 Å². The Morgan fingerprint density at radius 3 is 2.26 bits per heavy atom. The zero-order valence-electron chi connectivity index (χ0n) is 23.9. The van der Waals surface area contributed by atoms with Crippen LogP contribution in [0.3, 0.4) is 0 Å². The van der Waals surface area contributed by atoms with E-state index in [1.54, 1.807) is 12.1 Å². The van der Waals surface area contributed by atoms with E-state index in [2.05, 4.69) is 15.2 Å². The number of H-pyrrole nitrogens is 1. The van der Waals surface area contributed by atoms with E-state index in [9.17, 15) is 22.8 Å². The number of anilines is 3. The maximum Gasteiger partial charge on any atom is 0.417 e. The maximum absolute atomic E-state index is 15.8. The van der Waals surface area contributed by atoms with Gasteiger partial charge in [-0.1, -0.05) is 6.07 Å². The highest BCUT2D eigenvalue weighted by molar-refractivity contribution is 6.07. The van der Waals surface area contributed by atoms with Gasteiger partial charge in [-0.05, 0) is 50.7 Å². The fourth-order valence-electron chi connectivity index (χ4n) is 5.57. The van der Waals surface area contributed by atoms with Gasteiger partial charge in [0.2, 0.25) is 5.56 Å². The Balaban J connectivity index is 1.57. The van der Waals surface area contributed by atoms with Crippen LogP contribution in [0.4, 0.5) is 39.0 Å². The van der Waals surface area contributed by atoms with Crippen LogP contribution in [-0.2, 0) is 10.9 Å². The third-order valence-corrected chi connectivity index (χ3v) is 8.12. The van der Waals surface area contributed by atoms with Crippen molar-refractivity contribution in [3.63, 3.8) is 0 Å². The van der Waals surface area contributed by atoms with Gasteiger partial charge in [-0.15, -0.1) is 0 Å². The minimum Gasteiger partial charge on any atom is -0.378 e. The number of carbonyl (C=O) groups is 1. The summed E-state index contributed by atoms with van der Waals surface area (Å²) in [5.41, 5.74) is -2.42. The van der Waals surface area contributed by atoms with Crippen LogP contribution >= 0.6 is 0 Å². The lowest BCUT2D eigenvalue weighted by molar-refractivity contribution is -0.138. The zero-order chi connectivity index (χ0) is 31.1. The Morgan fingerprint density at radius 2 is 1.63 bits per heavy atom. The first-order valence-electron chi connectivity index (χ1n) is 13.9. The topological polar surface area (TPSA) is 80.9 Å². The third kappa shape index (κ3) is 6.37. The number of hydrogen-bond donors (Lipinski definition) is 2. The van der Waals surface area contributed by atoms with E-state index in [0.29, 0.717) is 57.3 Å². The summed E-state index contributed by atoms with van der Waals surface area (Å²) in [7, 11) is 1.96. The number of hydrogen-bond acceptors (Lipinski definition) is 6. The predicted octanol–water partition coefficient (Wildman–Crippen LogP) is 4.96. The van der Waals surface area contributed by atoms with Crippen LogP contribution in [0, 0.1) is 11.6 Å². The lowest BCUT2D eigenvalue weighted by Gasteiger charge is -2.44. The van der Waals surface area contributed by atoms with Gasteiger partial charge in [0.05, 0.1) is 41.4 Å². The molecule has 43 heavy (non-hydrogen) atoms. The van der Waals surface area contributed by atoms with Crippen molar-refractivity contribution in [2.24, 2.45) is 0 Å². The molecule has 2 aliphatic rings. The summed E-state index contributed by atoms with van der Waals surface area (Å²) in [6, 6.07) is 7.22. The Bertz CT molecular complexity index is 1560. The number of pyridine rings is 1. The second-order valence-electron chi connectivity index (χ2n) is 11.0. The van der Waals surface area contributed by atoms with Crippen molar-refractivity contribution in [3.05, 3.63) is 75.7 Å². The first-order chi connectivity index (χ1) is 20.3. The number of amides is 1. The highest BCUT2D eigenvalue weighted by atomic mass is 19.4. The number of likely N-dealkylation sites (N-methyl/N-ethyl adjacent to an activating group) is 1. The fourth-order valence-corrected chi connectivity index (χ4v) is 5.57. The first kappa shape index (κ1) is 30.5. The molecule has 0 spiro atoms. The summed E-state index contributed by atoms with van der Waals surface area (Å²) >= 11 is 0. The minimum absolute atomic E-state index is 0.0424. The van der Waals surface area contributed by atoms with E-state index in [1.165, 1.54) is 18.2 Å². The van der Waals surface area contributed by atoms with Crippen molar-refractivity contribution in [3.8, 4) is 11.1 Å². The molecule has 2 fully saturated rings. The van der Waals surface area contributed by atoms with Crippen LogP contribution in [-0.4, -0.2) is 74.3 Å². The number of alkyl halides is 3. The molecule has 1 amide bonds. The number of morpholine rings is 1. The lowest BCUT2D eigenvalue weighted by atomic mass is 10.0. The number of carbonyl (C=O) groups excluding carboxylic acids is 1. The first-order valence-corrected chi connectivity index (χ1v) is 13.9. The van der Waals surface area contributed by atoms with Gasteiger partial charge in [0.1, 0.15) is 11.6 Å². The third-order valence-electron chi connectivity index (χ3n) is 8.12. The fraction of sp³-hybridized carbons (Fsp3) is 0.400. The molecule has 2 N–H and O–H groups in total. The summed E-state index contributed by atoms with van der Waals surface area (Å²) in [5, 5.41) is 2.51. The molecular formula is C30H32F5N5O3. The Hall–Kier alpha value is -3.97. The monoisotopic (exact) mass is 605 g/mol. The van der Waals surface area contributed by atoms with Crippen LogP contribution in [0.1, 0.15) is 29.8 Å². The average molecular weight is 606 g/mol. The number of aromatic nitrogens is 1. The van der Waals surface area contributed by atoms with E-state index in [1.807, 2.05) is 30.7 Å². The summed E-state index contributed by atoms with van der Waals surface area (Å²) in [5.74, 6) is -2.41. The van der Waals surface area contributed by atoms with Gasteiger partial charge in [-0.2, -0.15) is 13.2 Å². The molecule has 8 nitrogen and oxygen atoms in total. The smallest absolute Gasteiger partial charge is 0.378 e. The largest absolute Gasteiger partial charge is 0.417 e. The summed E-state index contributed by atoms with van der Waals surface area (Å²) in [6.45, 7) is 6.80. The number of rotatable bonds is 5. The van der Waals surface area contributed by atoms with Crippen molar-refractivity contribution in [2.45, 2.75) is 32.1 Å². The highest BCUT2D eigenvalue weighted by Gasteiger charge is 2.36. The Morgan fingerprint density at radius 1 is 0.953 bits per heavy atom. The molecule has 2 aliphatic heterocycles. The summed E-state index contributed by atoms with van der Waals surface area (Å²) in [6.07, 6.45) is -4.27. The molecule has 5 rings (SSSR count). The number of nitrogens with zero attached hydrogens (tertiary/aromatic N) is 3. The quantitative estimate of drug-likeness (QED) is 0.401. The van der Waals surface area contributed by atoms with E-state index >= 15 is 8.78 Å². The van der Waals surface area contributed by atoms with Crippen molar-refractivity contribution in [1.29, 1.82) is 0 Å². The predicted molar refractivity (Wildman–Crippen MR) is 154 cm³/mol. The van der Waals surface area contributed by atoms with Gasteiger partial charge in [0, 0.05) is 56.1 Å². The molecular weight excluding hydrogens is 573 g/mol. The van der Waals surface area contributed by atoms with E-state index in [0.717, 1.165) is 0 Å². The molecule has 13 heteroatoms. The van der Waals surface area contributed by atoms with Crippen molar-refractivity contribution in [1.82, 2.24) is 9.88 Å². The second kappa shape index (κ2) is 12.0. The van der Waals surface area contributed by atoms with Gasteiger partial charge < -0.3 is 24.8 Å². The van der Waals surface area contributed by atoms with Crippen LogP contribution in [0.25, 0.3) is 11.1 Å². The number of aromatic amines is 1. The van der Waals surface area contributed by atoms with Crippen LogP contribution in [0.2, 0.25) is 0 Å². The van der Waals surface area contributed by atoms with Gasteiger partial charge >= 0.3 is 6.18 Å². The molecule has 230 valence electrons. The Labute approximate surface area is 245 Å². The molecule has 2 atom stereocenters. The molecule has 0 saturated carbocycles. The Kier molecular flexibility index (Phi) is 8.48. The van der Waals surface area contributed by atoms with Crippen LogP contribution in [0.15, 0.2) is 47.4 Å². The number of ether oxygens (including phenoxy) is 1. The highest BCUT2D eigenvalue weighted by Crippen LogP contribution is 2.38. The molecule has 2 saturated heterocycles. The SMILES string of the molecule is C[C@H]1CN(c2cc(F)c(-c3ccc(N4CCOCC4)c(F)c3)cc2NC(=O)c2c[nH]c(=O)cc2C(F)(F)F)C[C@H](C)N1C. The number of benzene rings is 2. The summed E-state index contributed by atoms with van der Waals surface area (Å²) in [4.78, 5) is 32.9. The van der Waals surface area contributed by atoms with Gasteiger partial charge in [-0.3, -0.25) is 14.5 Å². The number of halogens is 5. The maximum atomic E-state index is 15.8. The minimum atomic E-state index is -4.97. The van der Waals surface area contributed by atoms with Crippen molar-refractivity contribution < 1.29 is 31.5 Å². The van der Waals surface area contributed by atoms with Crippen molar-refractivity contribution in [2.75, 3.05) is 61.6 Å². The van der Waals surface area contributed by atoms with E-state index in [4.69, 9.17) is 4.74 Å². The molecule has 2 aromatic carbocycles. The molecule has 3 aromatic rings. The van der Waals surface area contributed by atoms with E-state index in [-0.39, 0.29) is 34.6 Å². The van der Waals surface area contributed by atoms with Crippen molar-refractivity contribution >= 4 is 23.0 Å². The van der Waals surface area contributed by atoms with Gasteiger partial charge in [0.25, 0.3) is 5.91 Å². The van der Waals surface area contributed by atoms with E-state index < -0.39 is 40.4 Å². The zero-order valence-corrected chi connectivity index (χ0v) is 23.9. The molecule has 0 bridgehead atoms. The van der Waals surface area contributed by atoms with Crippen LogP contribution < -0.4 is 20.7 Å². The molecule has 3 heterocycles. The molecule has 1 aromatic heterocycles.